The quantitative estimate of drug-likeness (QED) is 0.468. The maximum absolute atomic E-state index is 12.7. The van der Waals surface area contributed by atoms with Gasteiger partial charge < -0.3 is 15.2 Å². The molecule has 1 aliphatic rings. The summed E-state index contributed by atoms with van der Waals surface area (Å²) in [5.41, 5.74) is 4.57. The van der Waals surface area contributed by atoms with Gasteiger partial charge in [-0.2, -0.15) is 5.10 Å². The number of amides is 2. The van der Waals surface area contributed by atoms with E-state index < -0.39 is 24.0 Å². The third-order valence-electron chi connectivity index (χ3n) is 5.89. The molecular weight excluding hydrogens is 436 g/mol. The van der Waals surface area contributed by atoms with Crippen LogP contribution in [0, 0.1) is 0 Å². The van der Waals surface area contributed by atoms with Crippen molar-refractivity contribution in [2.24, 2.45) is 7.05 Å². The Morgan fingerprint density at radius 3 is 2.29 bits per heavy atom. The number of nitrogens with one attached hydrogen (secondary N) is 2. The number of aromatic nitrogens is 2. The van der Waals surface area contributed by atoms with E-state index in [4.69, 9.17) is 9.84 Å². The van der Waals surface area contributed by atoms with Crippen molar-refractivity contribution in [1.82, 2.24) is 15.1 Å². The summed E-state index contributed by atoms with van der Waals surface area (Å²) in [6.45, 7) is 1.91. The minimum atomic E-state index is -1.00. The van der Waals surface area contributed by atoms with Crippen LogP contribution in [0.1, 0.15) is 47.2 Å². The summed E-state index contributed by atoms with van der Waals surface area (Å²) in [6.07, 6.45) is 0.986. The van der Waals surface area contributed by atoms with Crippen molar-refractivity contribution >= 4 is 23.8 Å². The van der Waals surface area contributed by atoms with Gasteiger partial charge in [-0.1, -0.05) is 55.5 Å². The number of aliphatic carboxylic acids is 1. The number of nitrogens with zero attached hydrogens (tertiary/aromatic N) is 2. The van der Waals surface area contributed by atoms with Crippen LogP contribution in [0.15, 0.2) is 54.7 Å². The Labute approximate surface area is 196 Å². The lowest BCUT2D eigenvalue weighted by Crippen LogP contribution is -2.36. The molecule has 0 spiro atoms. The zero-order valence-corrected chi connectivity index (χ0v) is 18.9. The number of benzene rings is 2. The standard InChI is InChI=1S/C25H26N4O5/c1-3-15(12-22(30)31)26-24(32)20-13-29(2)28-23(20)27-25(33)34-14-21-18-10-6-4-8-16(18)17-9-5-7-11-19(17)21/h4-11,13,15,21H,3,12,14H2,1-2H3,(H,26,32)(H,30,31)(H,27,28,33)/t15-/m1/s1. The first-order valence-corrected chi connectivity index (χ1v) is 11.1. The van der Waals surface area contributed by atoms with Gasteiger partial charge in [0.15, 0.2) is 5.82 Å². The molecule has 0 radical (unpaired) electrons. The molecule has 1 aromatic heterocycles. The Kier molecular flexibility index (Phi) is 6.62. The molecule has 1 aliphatic carbocycles. The monoisotopic (exact) mass is 462 g/mol. The Morgan fingerprint density at radius 1 is 1.09 bits per heavy atom. The predicted molar refractivity (Wildman–Crippen MR) is 126 cm³/mol. The van der Waals surface area contributed by atoms with Gasteiger partial charge >= 0.3 is 12.1 Å². The summed E-state index contributed by atoms with van der Waals surface area (Å²) in [5.74, 6) is -1.57. The number of hydrogen-bond donors (Lipinski definition) is 3. The van der Waals surface area contributed by atoms with Crippen LogP contribution >= 0.6 is 0 Å². The van der Waals surface area contributed by atoms with Gasteiger partial charge in [-0.05, 0) is 28.7 Å². The Balaban J connectivity index is 1.44. The second kappa shape index (κ2) is 9.78. The number of ether oxygens (including phenoxy) is 1. The van der Waals surface area contributed by atoms with Crippen LogP contribution in [0.5, 0.6) is 0 Å². The summed E-state index contributed by atoms with van der Waals surface area (Å²) in [7, 11) is 1.62. The van der Waals surface area contributed by atoms with Crippen LogP contribution < -0.4 is 10.6 Å². The fourth-order valence-electron chi connectivity index (χ4n) is 4.25. The number of carboxylic acids is 1. The second-order valence-corrected chi connectivity index (χ2v) is 8.19. The van der Waals surface area contributed by atoms with E-state index in [-0.39, 0.29) is 30.3 Å². The molecule has 9 heteroatoms. The maximum atomic E-state index is 12.7. The van der Waals surface area contributed by atoms with Crippen LogP contribution in [0.4, 0.5) is 10.6 Å². The van der Waals surface area contributed by atoms with Crippen molar-refractivity contribution in [3.63, 3.8) is 0 Å². The molecule has 3 N–H and O–H groups in total. The number of rotatable bonds is 8. The van der Waals surface area contributed by atoms with E-state index in [0.29, 0.717) is 6.42 Å². The van der Waals surface area contributed by atoms with E-state index in [9.17, 15) is 14.4 Å². The van der Waals surface area contributed by atoms with Gasteiger partial charge in [-0.25, -0.2) is 4.79 Å². The van der Waals surface area contributed by atoms with Crippen molar-refractivity contribution in [2.75, 3.05) is 11.9 Å². The fraction of sp³-hybridized carbons (Fsp3) is 0.280. The van der Waals surface area contributed by atoms with Crippen LogP contribution in [0.25, 0.3) is 11.1 Å². The summed E-state index contributed by atoms with van der Waals surface area (Å²) in [6, 6.07) is 15.5. The molecule has 0 aliphatic heterocycles. The number of aryl methyl sites for hydroxylation is 1. The van der Waals surface area contributed by atoms with Gasteiger partial charge in [-0.3, -0.25) is 19.6 Å². The summed E-state index contributed by atoms with van der Waals surface area (Å²) >= 11 is 0. The average Bonchev–Trinajstić information content (AvgIpc) is 3.34. The zero-order chi connectivity index (χ0) is 24.2. The highest BCUT2D eigenvalue weighted by Crippen LogP contribution is 2.44. The number of fused-ring (bicyclic) bond motifs is 3. The van der Waals surface area contributed by atoms with Crippen molar-refractivity contribution < 1.29 is 24.2 Å². The minimum Gasteiger partial charge on any atom is -0.481 e. The molecule has 0 unspecified atom stereocenters. The van der Waals surface area contributed by atoms with E-state index in [0.717, 1.165) is 22.3 Å². The lowest BCUT2D eigenvalue weighted by Gasteiger charge is -2.15. The molecular formula is C25H26N4O5. The molecule has 1 atom stereocenters. The van der Waals surface area contributed by atoms with Crippen LogP contribution in [0.3, 0.4) is 0 Å². The number of carbonyl (C=O) groups is 3. The number of hydrogen-bond acceptors (Lipinski definition) is 5. The van der Waals surface area contributed by atoms with E-state index in [1.54, 1.807) is 14.0 Å². The molecule has 176 valence electrons. The topological polar surface area (TPSA) is 123 Å². The van der Waals surface area contributed by atoms with Gasteiger partial charge in [0.2, 0.25) is 0 Å². The lowest BCUT2D eigenvalue weighted by molar-refractivity contribution is -0.137. The van der Waals surface area contributed by atoms with Crippen molar-refractivity contribution in [3.8, 4) is 11.1 Å². The van der Waals surface area contributed by atoms with Gasteiger partial charge in [0, 0.05) is 25.2 Å². The van der Waals surface area contributed by atoms with E-state index in [1.165, 1.54) is 10.9 Å². The molecule has 2 amide bonds. The third-order valence-corrected chi connectivity index (χ3v) is 5.89. The highest BCUT2D eigenvalue weighted by Gasteiger charge is 2.29. The molecule has 0 fully saturated rings. The number of carboxylic acid groups (broad SMARTS) is 1. The smallest absolute Gasteiger partial charge is 0.412 e. The fourth-order valence-corrected chi connectivity index (χ4v) is 4.25. The first-order chi connectivity index (χ1) is 16.4. The average molecular weight is 463 g/mol. The molecule has 0 saturated carbocycles. The summed E-state index contributed by atoms with van der Waals surface area (Å²) in [5, 5.41) is 18.4. The van der Waals surface area contributed by atoms with Crippen molar-refractivity contribution in [3.05, 3.63) is 71.4 Å². The molecule has 0 bridgehead atoms. The molecule has 1 heterocycles. The van der Waals surface area contributed by atoms with Crippen LogP contribution in [-0.2, 0) is 16.6 Å². The van der Waals surface area contributed by atoms with Crippen molar-refractivity contribution in [2.45, 2.75) is 31.7 Å². The van der Waals surface area contributed by atoms with Crippen LogP contribution in [0.2, 0.25) is 0 Å². The van der Waals surface area contributed by atoms with Crippen LogP contribution in [-0.4, -0.2) is 45.5 Å². The lowest BCUT2D eigenvalue weighted by atomic mass is 9.98. The molecule has 34 heavy (non-hydrogen) atoms. The van der Waals surface area contributed by atoms with E-state index in [1.807, 2.05) is 36.4 Å². The third kappa shape index (κ3) is 4.78. The molecule has 2 aromatic carbocycles. The van der Waals surface area contributed by atoms with Gasteiger partial charge in [0.1, 0.15) is 12.2 Å². The highest BCUT2D eigenvalue weighted by molar-refractivity contribution is 6.01. The Hall–Kier alpha value is -4.14. The molecule has 0 saturated heterocycles. The van der Waals surface area contributed by atoms with E-state index in [2.05, 4.69) is 27.9 Å². The minimum absolute atomic E-state index is 0.0439. The normalized spacial score (nSPS) is 13.0. The zero-order valence-electron chi connectivity index (χ0n) is 18.9. The SMILES string of the molecule is CC[C@H](CC(=O)O)NC(=O)c1cn(C)nc1NC(=O)OCC1c2ccccc2-c2ccccc21. The largest absolute Gasteiger partial charge is 0.481 e. The van der Waals surface area contributed by atoms with E-state index >= 15 is 0 Å². The Bertz CT molecular complexity index is 1190. The summed E-state index contributed by atoms with van der Waals surface area (Å²) in [4.78, 5) is 36.3. The first kappa shape index (κ1) is 23.0. The second-order valence-electron chi connectivity index (χ2n) is 8.19. The Morgan fingerprint density at radius 2 is 1.71 bits per heavy atom. The van der Waals surface area contributed by atoms with Crippen molar-refractivity contribution in [1.29, 1.82) is 0 Å². The molecule has 9 nitrogen and oxygen atoms in total. The summed E-state index contributed by atoms with van der Waals surface area (Å²) < 4.78 is 6.93. The number of carbonyl (C=O) groups excluding carboxylic acids is 2. The molecule has 3 aromatic rings. The number of anilines is 1. The maximum Gasteiger partial charge on any atom is 0.412 e. The van der Waals surface area contributed by atoms with Gasteiger partial charge in [-0.15, -0.1) is 0 Å². The van der Waals surface area contributed by atoms with Gasteiger partial charge in [0.25, 0.3) is 5.91 Å². The highest BCUT2D eigenvalue weighted by atomic mass is 16.5. The first-order valence-electron chi connectivity index (χ1n) is 11.1. The van der Waals surface area contributed by atoms with Gasteiger partial charge in [0.05, 0.1) is 6.42 Å². The predicted octanol–water partition coefficient (Wildman–Crippen LogP) is 3.76. The molecule has 4 rings (SSSR count).